The number of thiophene rings is 1. The van der Waals surface area contributed by atoms with E-state index in [4.69, 9.17) is 23.6 Å². The molecule has 6 heteroatoms. The largest absolute Gasteiger partial charge is 1.00 e. The van der Waals surface area contributed by atoms with Crippen LogP contribution < -0.4 is 35.3 Å². The molecule has 84 valence electrons. The van der Waals surface area contributed by atoms with E-state index < -0.39 is 0 Å². The standard InChI is InChI=1S/C12H8N2OS2.Na/c13-6-8-9(14)11(17-12(8)16)10(15)7-4-2-1-3-5-7;/h1-5,16H,14H2;/q;+1/p-1. The molecule has 1 aromatic heterocycles. The van der Waals surface area contributed by atoms with Crippen LogP contribution in [0.25, 0.3) is 0 Å². The van der Waals surface area contributed by atoms with Gasteiger partial charge in [0.1, 0.15) is 6.07 Å². The Bertz CT molecular complexity index is 617. The number of nitrogen functional groups attached to an aromatic ring is 1. The quantitative estimate of drug-likeness (QED) is 0.451. The molecule has 0 spiro atoms. The number of anilines is 1. The maximum atomic E-state index is 12.1. The van der Waals surface area contributed by atoms with Gasteiger partial charge < -0.3 is 29.7 Å². The number of nitriles is 1. The van der Waals surface area contributed by atoms with Crippen molar-refractivity contribution in [3.05, 3.63) is 46.3 Å². The van der Waals surface area contributed by atoms with Crippen LogP contribution in [0.2, 0.25) is 0 Å². The first kappa shape index (κ1) is 15.2. The monoisotopic (exact) mass is 282 g/mol. The minimum Gasteiger partial charge on any atom is -0.427 e. The molecule has 1 aromatic carbocycles. The van der Waals surface area contributed by atoms with E-state index in [9.17, 15) is 4.79 Å². The van der Waals surface area contributed by atoms with Crippen molar-refractivity contribution in [1.82, 2.24) is 0 Å². The molecule has 2 aromatic rings. The molecular formula is C12H7N2NaOS2. The summed E-state index contributed by atoms with van der Waals surface area (Å²) in [5.41, 5.74) is 6.71. The van der Waals surface area contributed by atoms with E-state index in [1.54, 1.807) is 24.3 Å². The van der Waals surface area contributed by atoms with Gasteiger partial charge in [-0.2, -0.15) is 5.26 Å². The Kier molecular flexibility index (Phi) is 5.32. The van der Waals surface area contributed by atoms with Gasteiger partial charge in [-0.1, -0.05) is 34.5 Å². The maximum Gasteiger partial charge on any atom is 1.00 e. The van der Waals surface area contributed by atoms with Crippen molar-refractivity contribution in [3.63, 3.8) is 0 Å². The van der Waals surface area contributed by atoms with Crippen LogP contribution in [-0.2, 0) is 12.6 Å². The fraction of sp³-hybridized carbons (Fsp3) is 0. The molecule has 3 nitrogen and oxygen atoms in total. The Balaban J connectivity index is 0.00000162. The van der Waals surface area contributed by atoms with Crippen LogP contribution >= 0.6 is 11.3 Å². The first-order valence-corrected chi connectivity index (χ1v) is 5.96. The zero-order chi connectivity index (χ0) is 12.4. The minimum atomic E-state index is -0.194. The van der Waals surface area contributed by atoms with Gasteiger partial charge in [0.25, 0.3) is 0 Å². The molecule has 0 bridgehead atoms. The third-order valence-corrected chi connectivity index (χ3v) is 3.72. The number of carbonyl (C=O) groups is 1. The van der Waals surface area contributed by atoms with Crippen LogP contribution in [0.5, 0.6) is 0 Å². The molecule has 1 heterocycles. The molecule has 0 saturated heterocycles. The third kappa shape index (κ3) is 2.74. The van der Waals surface area contributed by atoms with E-state index in [1.807, 2.05) is 12.1 Å². The molecule has 0 saturated carbocycles. The summed E-state index contributed by atoms with van der Waals surface area (Å²) in [7, 11) is 0. The fourth-order valence-corrected chi connectivity index (χ4v) is 2.69. The number of hydrogen-bond acceptors (Lipinski definition) is 5. The predicted molar refractivity (Wildman–Crippen MR) is 69.0 cm³/mol. The summed E-state index contributed by atoms with van der Waals surface area (Å²) in [5, 5.41) is 8.86. The minimum absolute atomic E-state index is 0. The van der Waals surface area contributed by atoms with Gasteiger partial charge in [0, 0.05) is 10.4 Å². The second-order valence-electron chi connectivity index (χ2n) is 3.31. The van der Waals surface area contributed by atoms with E-state index in [2.05, 4.69) is 0 Å². The molecular weight excluding hydrogens is 275 g/mol. The summed E-state index contributed by atoms with van der Waals surface area (Å²) >= 11 is 6.08. The molecule has 0 amide bonds. The molecule has 0 radical (unpaired) electrons. The Hall–Kier alpha value is -0.900. The van der Waals surface area contributed by atoms with E-state index in [0.717, 1.165) is 11.3 Å². The van der Waals surface area contributed by atoms with Gasteiger partial charge in [-0.3, -0.25) is 4.79 Å². The number of nitrogens with two attached hydrogens (primary N) is 1. The second-order valence-corrected chi connectivity index (χ2v) is 5.00. The fourth-order valence-electron chi connectivity index (χ4n) is 1.42. The number of carbonyl (C=O) groups excluding carboxylic acids is 1. The zero-order valence-corrected chi connectivity index (χ0v) is 13.3. The number of hydrogen-bond donors (Lipinski definition) is 1. The average Bonchev–Trinajstić information content (AvgIpc) is 2.64. The van der Waals surface area contributed by atoms with E-state index in [1.165, 1.54) is 0 Å². The van der Waals surface area contributed by atoms with Gasteiger partial charge in [-0.25, -0.2) is 0 Å². The maximum absolute atomic E-state index is 12.1. The van der Waals surface area contributed by atoms with Gasteiger partial charge in [0.15, 0.2) is 5.78 Å². The van der Waals surface area contributed by atoms with Crippen molar-refractivity contribution in [2.75, 3.05) is 5.73 Å². The number of rotatable bonds is 2. The van der Waals surface area contributed by atoms with Crippen LogP contribution in [0.15, 0.2) is 34.5 Å². The van der Waals surface area contributed by atoms with Crippen LogP contribution in [0.3, 0.4) is 0 Å². The van der Waals surface area contributed by atoms with E-state index in [-0.39, 0.29) is 46.6 Å². The van der Waals surface area contributed by atoms with Crippen LogP contribution in [-0.4, -0.2) is 5.78 Å². The molecule has 2 N–H and O–H groups in total. The Labute approximate surface area is 136 Å². The Morgan fingerprint density at radius 2 is 1.94 bits per heavy atom. The van der Waals surface area contributed by atoms with Gasteiger partial charge in [0.05, 0.1) is 11.3 Å². The Morgan fingerprint density at radius 1 is 1.33 bits per heavy atom. The number of benzene rings is 1. The van der Waals surface area contributed by atoms with Gasteiger partial charge in [0.2, 0.25) is 0 Å². The SMILES string of the molecule is N#Cc1c([S-])sc(C(=O)c2ccccc2)c1N.[Na+]. The van der Waals surface area contributed by atoms with Gasteiger partial charge in [-0.05, 0) is 0 Å². The molecule has 0 fully saturated rings. The topological polar surface area (TPSA) is 66.9 Å². The molecule has 0 aliphatic carbocycles. The van der Waals surface area contributed by atoms with Crippen LogP contribution in [0.1, 0.15) is 20.8 Å². The van der Waals surface area contributed by atoms with Crippen molar-refractivity contribution in [2.24, 2.45) is 0 Å². The first-order valence-electron chi connectivity index (χ1n) is 4.74. The summed E-state index contributed by atoms with van der Waals surface area (Å²) in [6, 6.07) is 10.7. The summed E-state index contributed by atoms with van der Waals surface area (Å²) in [4.78, 5) is 12.5. The normalized spacial score (nSPS) is 9.28. The van der Waals surface area contributed by atoms with Crippen molar-refractivity contribution in [1.29, 1.82) is 5.26 Å². The second kappa shape index (κ2) is 6.32. The summed E-state index contributed by atoms with van der Waals surface area (Å²) < 4.78 is 0.365. The molecule has 0 aliphatic heterocycles. The van der Waals surface area contributed by atoms with Crippen molar-refractivity contribution >= 4 is 35.4 Å². The van der Waals surface area contributed by atoms with Crippen LogP contribution in [0, 0.1) is 11.3 Å². The average molecular weight is 282 g/mol. The van der Waals surface area contributed by atoms with Gasteiger partial charge in [-0.15, -0.1) is 0 Å². The first-order chi connectivity index (χ1) is 8.15. The molecule has 2 rings (SSSR count). The zero-order valence-electron chi connectivity index (χ0n) is 9.64. The summed E-state index contributed by atoms with van der Waals surface area (Å²) in [5.74, 6) is -0.194. The van der Waals surface area contributed by atoms with Crippen molar-refractivity contribution in [3.8, 4) is 6.07 Å². The molecule has 0 atom stereocenters. The third-order valence-electron chi connectivity index (χ3n) is 2.27. The van der Waals surface area contributed by atoms with Crippen LogP contribution in [0.4, 0.5) is 5.69 Å². The van der Waals surface area contributed by atoms with E-state index in [0.29, 0.717) is 14.6 Å². The van der Waals surface area contributed by atoms with Crippen molar-refractivity contribution < 1.29 is 34.4 Å². The number of ketones is 1. The van der Waals surface area contributed by atoms with Crippen molar-refractivity contribution in [2.45, 2.75) is 4.21 Å². The Morgan fingerprint density at radius 3 is 2.44 bits per heavy atom. The van der Waals surface area contributed by atoms with Gasteiger partial charge >= 0.3 is 29.6 Å². The molecule has 0 unspecified atom stereocenters. The van der Waals surface area contributed by atoms with E-state index >= 15 is 0 Å². The summed E-state index contributed by atoms with van der Waals surface area (Å²) in [6.45, 7) is 0. The number of nitrogens with zero attached hydrogens (tertiary/aromatic N) is 1. The smallest absolute Gasteiger partial charge is 0.427 e. The molecule has 18 heavy (non-hydrogen) atoms. The predicted octanol–water partition coefficient (Wildman–Crippen LogP) is -0.657. The summed E-state index contributed by atoms with van der Waals surface area (Å²) in [6.07, 6.45) is 0. The molecule has 0 aliphatic rings.